The molecular weight excluding hydrogens is 202 g/mol. The van der Waals surface area contributed by atoms with Crippen LogP contribution in [0.3, 0.4) is 0 Å². The van der Waals surface area contributed by atoms with E-state index in [4.69, 9.17) is 0 Å². The lowest BCUT2D eigenvalue weighted by atomic mass is 9.78. The van der Waals surface area contributed by atoms with Gasteiger partial charge in [0.1, 0.15) is 5.75 Å². The molecule has 0 heterocycles. The summed E-state index contributed by atoms with van der Waals surface area (Å²) in [6, 6.07) is 6.84. The number of aromatic hydroxyl groups is 1. The smallest absolute Gasteiger partial charge is 0.224 e. The number of amides is 1. The number of phenolic OH excluding ortho intramolecular Hbond substituents is 1. The molecule has 0 bridgehead atoms. The number of carbonyl (C=O) groups is 1. The summed E-state index contributed by atoms with van der Waals surface area (Å²) in [5.74, 6) is 0.243. The van der Waals surface area contributed by atoms with Crippen LogP contribution in [0.5, 0.6) is 5.75 Å². The maximum Gasteiger partial charge on any atom is 0.224 e. The first-order valence-electron chi connectivity index (χ1n) is 5.66. The van der Waals surface area contributed by atoms with Gasteiger partial charge in [-0.15, -0.1) is 0 Å². The third-order valence-corrected chi connectivity index (χ3v) is 3.17. The summed E-state index contributed by atoms with van der Waals surface area (Å²) in [5, 5.41) is 12.3. The standard InChI is InChI=1S/C13H17NO2/c1-13(6-3-7-13)14-12(16)9-10-4-2-5-11(15)8-10/h2,4-5,8,15H,3,6-7,9H2,1H3,(H,14,16). The summed E-state index contributed by atoms with van der Waals surface area (Å²) in [4.78, 5) is 11.7. The van der Waals surface area contributed by atoms with Gasteiger partial charge in [0.05, 0.1) is 6.42 Å². The highest BCUT2D eigenvalue weighted by Gasteiger charge is 2.32. The molecule has 0 spiro atoms. The van der Waals surface area contributed by atoms with E-state index in [9.17, 15) is 9.90 Å². The lowest BCUT2D eigenvalue weighted by Gasteiger charge is -2.39. The van der Waals surface area contributed by atoms with E-state index in [2.05, 4.69) is 12.2 Å². The van der Waals surface area contributed by atoms with Gasteiger partial charge in [-0.3, -0.25) is 4.79 Å². The van der Waals surface area contributed by atoms with Gasteiger partial charge in [-0.25, -0.2) is 0 Å². The molecule has 16 heavy (non-hydrogen) atoms. The average Bonchev–Trinajstić information content (AvgIpc) is 2.15. The van der Waals surface area contributed by atoms with Crippen molar-refractivity contribution in [2.24, 2.45) is 0 Å². The molecule has 1 aliphatic rings. The van der Waals surface area contributed by atoms with Crippen LogP contribution in [0, 0.1) is 0 Å². The molecule has 0 aromatic heterocycles. The maximum atomic E-state index is 11.7. The number of hydrogen-bond acceptors (Lipinski definition) is 2. The van der Waals surface area contributed by atoms with E-state index in [1.807, 2.05) is 6.07 Å². The van der Waals surface area contributed by atoms with Crippen LogP contribution in [-0.4, -0.2) is 16.6 Å². The van der Waals surface area contributed by atoms with Crippen molar-refractivity contribution < 1.29 is 9.90 Å². The van der Waals surface area contributed by atoms with Crippen molar-refractivity contribution in [1.29, 1.82) is 0 Å². The Balaban J connectivity index is 1.92. The average molecular weight is 219 g/mol. The molecule has 86 valence electrons. The van der Waals surface area contributed by atoms with Gasteiger partial charge in [0.15, 0.2) is 0 Å². The molecule has 1 aliphatic carbocycles. The predicted molar refractivity (Wildman–Crippen MR) is 62.2 cm³/mol. The van der Waals surface area contributed by atoms with Gasteiger partial charge in [-0.1, -0.05) is 12.1 Å². The highest BCUT2D eigenvalue weighted by atomic mass is 16.3. The Morgan fingerprint density at radius 3 is 2.81 bits per heavy atom. The van der Waals surface area contributed by atoms with Crippen molar-refractivity contribution in [2.75, 3.05) is 0 Å². The highest BCUT2D eigenvalue weighted by Crippen LogP contribution is 2.30. The Morgan fingerprint density at radius 2 is 2.25 bits per heavy atom. The summed E-state index contributed by atoms with van der Waals surface area (Å²) >= 11 is 0. The second-order valence-corrected chi connectivity index (χ2v) is 4.81. The van der Waals surface area contributed by atoms with E-state index in [1.165, 1.54) is 6.42 Å². The fourth-order valence-corrected chi connectivity index (χ4v) is 2.06. The van der Waals surface area contributed by atoms with Crippen LogP contribution < -0.4 is 5.32 Å². The third-order valence-electron chi connectivity index (χ3n) is 3.17. The number of carbonyl (C=O) groups excluding carboxylic acids is 1. The maximum absolute atomic E-state index is 11.7. The molecule has 1 aromatic rings. The molecule has 1 saturated carbocycles. The van der Waals surface area contributed by atoms with Gasteiger partial charge in [0.25, 0.3) is 0 Å². The zero-order valence-corrected chi connectivity index (χ0v) is 9.49. The lowest BCUT2D eigenvalue weighted by molar-refractivity contribution is -0.123. The number of rotatable bonds is 3. The van der Waals surface area contributed by atoms with Crippen LogP contribution in [0.2, 0.25) is 0 Å². The normalized spacial score (nSPS) is 17.6. The number of phenols is 1. The molecule has 2 N–H and O–H groups in total. The molecular formula is C13H17NO2. The first-order valence-corrected chi connectivity index (χ1v) is 5.66. The SMILES string of the molecule is CC1(NC(=O)Cc2cccc(O)c2)CCC1. The van der Waals surface area contributed by atoms with Gasteiger partial charge < -0.3 is 10.4 Å². The van der Waals surface area contributed by atoms with Crippen molar-refractivity contribution in [1.82, 2.24) is 5.32 Å². The van der Waals surface area contributed by atoms with E-state index >= 15 is 0 Å². The van der Waals surface area contributed by atoms with E-state index in [-0.39, 0.29) is 17.2 Å². The third kappa shape index (κ3) is 2.54. The van der Waals surface area contributed by atoms with Gasteiger partial charge in [-0.2, -0.15) is 0 Å². The van der Waals surface area contributed by atoms with Crippen LogP contribution in [0.1, 0.15) is 31.7 Å². The fourth-order valence-electron chi connectivity index (χ4n) is 2.06. The molecule has 0 radical (unpaired) electrons. The molecule has 1 amide bonds. The Bertz CT molecular complexity index is 397. The van der Waals surface area contributed by atoms with Gasteiger partial charge in [0, 0.05) is 5.54 Å². The summed E-state index contributed by atoms with van der Waals surface area (Å²) in [7, 11) is 0. The molecule has 0 unspecified atom stereocenters. The first-order chi connectivity index (χ1) is 7.57. The van der Waals surface area contributed by atoms with E-state index in [0.29, 0.717) is 6.42 Å². The molecule has 3 heteroatoms. The van der Waals surface area contributed by atoms with Crippen molar-refractivity contribution in [3.8, 4) is 5.75 Å². The molecule has 1 fully saturated rings. The Morgan fingerprint density at radius 1 is 1.50 bits per heavy atom. The Kier molecular flexibility index (Phi) is 2.86. The first kappa shape index (κ1) is 11.0. The highest BCUT2D eigenvalue weighted by molar-refractivity contribution is 5.79. The minimum absolute atomic E-state index is 0.00785. The summed E-state index contributed by atoms with van der Waals surface area (Å²) in [6.45, 7) is 2.08. The number of hydrogen-bond donors (Lipinski definition) is 2. The predicted octanol–water partition coefficient (Wildman–Crippen LogP) is 1.99. The van der Waals surface area contributed by atoms with Crippen LogP contribution in [0.15, 0.2) is 24.3 Å². The topological polar surface area (TPSA) is 49.3 Å². The molecule has 1 aromatic carbocycles. The zero-order valence-electron chi connectivity index (χ0n) is 9.49. The second-order valence-electron chi connectivity index (χ2n) is 4.81. The summed E-state index contributed by atoms with van der Waals surface area (Å²) in [6.07, 6.45) is 3.67. The summed E-state index contributed by atoms with van der Waals surface area (Å²) < 4.78 is 0. The number of nitrogens with one attached hydrogen (secondary N) is 1. The Labute approximate surface area is 95.5 Å². The van der Waals surface area contributed by atoms with Gasteiger partial charge in [0.2, 0.25) is 5.91 Å². The molecule has 3 nitrogen and oxygen atoms in total. The lowest BCUT2D eigenvalue weighted by Crippen LogP contribution is -2.51. The largest absolute Gasteiger partial charge is 0.508 e. The molecule has 0 aliphatic heterocycles. The van der Waals surface area contributed by atoms with Crippen LogP contribution in [0.4, 0.5) is 0 Å². The van der Waals surface area contributed by atoms with Crippen LogP contribution in [0.25, 0.3) is 0 Å². The minimum Gasteiger partial charge on any atom is -0.508 e. The van der Waals surface area contributed by atoms with Crippen molar-refractivity contribution in [3.05, 3.63) is 29.8 Å². The minimum atomic E-state index is 0.00785. The van der Waals surface area contributed by atoms with E-state index in [0.717, 1.165) is 18.4 Å². The number of benzene rings is 1. The second kappa shape index (κ2) is 4.16. The quantitative estimate of drug-likeness (QED) is 0.816. The van der Waals surface area contributed by atoms with Crippen molar-refractivity contribution in [3.63, 3.8) is 0 Å². The molecule has 0 atom stereocenters. The molecule has 2 rings (SSSR count). The van der Waals surface area contributed by atoms with Crippen molar-refractivity contribution in [2.45, 2.75) is 38.1 Å². The van der Waals surface area contributed by atoms with Crippen molar-refractivity contribution >= 4 is 5.91 Å². The zero-order chi connectivity index (χ0) is 11.6. The van der Waals surface area contributed by atoms with Crippen LogP contribution in [-0.2, 0) is 11.2 Å². The summed E-state index contributed by atoms with van der Waals surface area (Å²) in [5.41, 5.74) is 0.855. The fraction of sp³-hybridized carbons (Fsp3) is 0.462. The van der Waals surface area contributed by atoms with E-state index in [1.54, 1.807) is 18.2 Å². The molecule has 0 saturated heterocycles. The van der Waals surface area contributed by atoms with Gasteiger partial charge in [-0.05, 0) is 43.9 Å². The van der Waals surface area contributed by atoms with E-state index < -0.39 is 0 Å². The van der Waals surface area contributed by atoms with Gasteiger partial charge >= 0.3 is 0 Å². The monoisotopic (exact) mass is 219 g/mol. The Hall–Kier alpha value is -1.51. The van der Waals surface area contributed by atoms with Crippen LogP contribution >= 0.6 is 0 Å².